The highest BCUT2D eigenvalue weighted by molar-refractivity contribution is 6.30. The predicted octanol–water partition coefficient (Wildman–Crippen LogP) is 5.15. The van der Waals surface area contributed by atoms with Gasteiger partial charge in [-0.15, -0.1) is 0 Å². The molecule has 154 valence electrons. The molecule has 2 aromatic heterocycles. The molecule has 0 radical (unpaired) electrons. The van der Waals surface area contributed by atoms with Crippen LogP contribution in [-0.2, 0) is 17.6 Å². The Labute approximate surface area is 178 Å². The molecular weight excluding hydrogens is 405 g/mol. The van der Waals surface area contributed by atoms with Crippen LogP contribution in [0.2, 0.25) is 5.02 Å². The fourth-order valence-electron chi connectivity index (χ4n) is 3.78. The van der Waals surface area contributed by atoms with Gasteiger partial charge < -0.3 is 10.3 Å². The summed E-state index contributed by atoms with van der Waals surface area (Å²) in [6.45, 7) is 3.94. The van der Waals surface area contributed by atoms with E-state index in [1.807, 2.05) is 19.9 Å². The maximum absolute atomic E-state index is 14.4. The van der Waals surface area contributed by atoms with Crippen molar-refractivity contribution < 1.29 is 9.18 Å². The molecule has 2 heterocycles. The second-order valence-electron chi connectivity index (χ2n) is 7.74. The summed E-state index contributed by atoms with van der Waals surface area (Å²) in [5.41, 5.74) is 3.94. The number of nitrogens with zero attached hydrogens (tertiary/aromatic N) is 1. The van der Waals surface area contributed by atoms with Crippen molar-refractivity contribution in [3.05, 3.63) is 74.7 Å². The number of Topliss-reactive ketones (excluding diaryl/α,β-unsaturated/α-hetero) is 1. The van der Waals surface area contributed by atoms with Gasteiger partial charge in [-0.25, -0.2) is 4.39 Å². The standard InChI is InChI=1S/C23H21ClFN3O2/c1-12(2)22-21(27-19-7-8-26-20-10-14(29)4-5-15(19)20)11-17(23(30)28-22)16-9-13(24)3-6-18(16)25/h3,6-9,11-12H,4-5,10H2,1-2H3,(H,26,27)(H,28,30). The minimum atomic E-state index is -0.520. The number of aromatic amines is 1. The Morgan fingerprint density at radius 3 is 2.67 bits per heavy atom. The summed E-state index contributed by atoms with van der Waals surface area (Å²) in [6.07, 6.45) is 3.08. The van der Waals surface area contributed by atoms with Crippen molar-refractivity contribution in [1.29, 1.82) is 0 Å². The molecule has 30 heavy (non-hydrogen) atoms. The second-order valence-corrected chi connectivity index (χ2v) is 8.18. The highest BCUT2D eigenvalue weighted by Gasteiger charge is 2.21. The van der Waals surface area contributed by atoms with Crippen LogP contribution in [0.15, 0.2) is 41.3 Å². The summed E-state index contributed by atoms with van der Waals surface area (Å²) in [4.78, 5) is 31.8. The molecule has 0 bridgehead atoms. The Morgan fingerprint density at radius 2 is 1.90 bits per heavy atom. The van der Waals surface area contributed by atoms with E-state index in [1.165, 1.54) is 18.2 Å². The van der Waals surface area contributed by atoms with Crippen molar-refractivity contribution in [2.45, 2.75) is 39.0 Å². The maximum atomic E-state index is 14.4. The molecule has 7 heteroatoms. The molecule has 1 aliphatic rings. The Morgan fingerprint density at radius 1 is 1.10 bits per heavy atom. The Balaban J connectivity index is 1.84. The molecule has 0 saturated carbocycles. The molecular formula is C23H21ClFN3O2. The van der Waals surface area contributed by atoms with Crippen LogP contribution in [0.5, 0.6) is 0 Å². The van der Waals surface area contributed by atoms with Crippen LogP contribution in [0.3, 0.4) is 0 Å². The number of hydrogen-bond donors (Lipinski definition) is 2. The number of aromatic nitrogens is 2. The third-order valence-corrected chi connectivity index (χ3v) is 5.54. The zero-order valence-corrected chi connectivity index (χ0v) is 17.4. The summed E-state index contributed by atoms with van der Waals surface area (Å²) in [5, 5.41) is 3.74. The number of ketones is 1. The first-order valence-electron chi connectivity index (χ1n) is 9.81. The monoisotopic (exact) mass is 425 g/mol. The molecule has 2 N–H and O–H groups in total. The van der Waals surface area contributed by atoms with E-state index < -0.39 is 5.82 Å². The molecule has 3 aromatic rings. The van der Waals surface area contributed by atoms with E-state index in [0.29, 0.717) is 35.7 Å². The van der Waals surface area contributed by atoms with Gasteiger partial charge in [0.15, 0.2) is 0 Å². The fraction of sp³-hybridized carbons (Fsp3) is 0.261. The summed E-state index contributed by atoms with van der Waals surface area (Å²) >= 11 is 6.03. The van der Waals surface area contributed by atoms with E-state index in [4.69, 9.17) is 11.6 Å². The fourth-order valence-corrected chi connectivity index (χ4v) is 3.95. The number of benzene rings is 1. The number of carbonyl (C=O) groups is 1. The highest BCUT2D eigenvalue weighted by atomic mass is 35.5. The number of anilines is 2. The lowest BCUT2D eigenvalue weighted by atomic mass is 9.93. The number of fused-ring (bicyclic) bond motifs is 1. The molecule has 5 nitrogen and oxygen atoms in total. The number of hydrogen-bond acceptors (Lipinski definition) is 4. The number of nitrogens with one attached hydrogen (secondary N) is 2. The van der Waals surface area contributed by atoms with Gasteiger partial charge in [0.25, 0.3) is 5.56 Å². The maximum Gasteiger partial charge on any atom is 0.256 e. The van der Waals surface area contributed by atoms with Gasteiger partial charge in [0.05, 0.1) is 16.9 Å². The van der Waals surface area contributed by atoms with E-state index in [9.17, 15) is 14.0 Å². The molecule has 0 saturated heterocycles. The van der Waals surface area contributed by atoms with Crippen molar-refractivity contribution in [2.24, 2.45) is 0 Å². The summed E-state index contributed by atoms with van der Waals surface area (Å²) < 4.78 is 14.4. The normalized spacial score (nSPS) is 13.4. The topological polar surface area (TPSA) is 74.8 Å². The lowest BCUT2D eigenvalue weighted by molar-refractivity contribution is -0.118. The van der Waals surface area contributed by atoms with Crippen molar-refractivity contribution in [2.75, 3.05) is 5.32 Å². The molecule has 0 amide bonds. The van der Waals surface area contributed by atoms with Crippen LogP contribution in [0, 0.1) is 5.82 Å². The number of pyridine rings is 2. The number of H-pyrrole nitrogens is 1. The van der Waals surface area contributed by atoms with Gasteiger partial charge in [0.1, 0.15) is 11.6 Å². The van der Waals surface area contributed by atoms with Crippen LogP contribution in [0.1, 0.15) is 43.1 Å². The van der Waals surface area contributed by atoms with Gasteiger partial charge in [0, 0.05) is 41.0 Å². The zero-order valence-electron chi connectivity index (χ0n) is 16.7. The molecule has 0 fully saturated rings. The minimum absolute atomic E-state index is 0.0256. The lowest BCUT2D eigenvalue weighted by Gasteiger charge is -2.21. The van der Waals surface area contributed by atoms with Crippen LogP contribution < -0.4 is 10.9 Å². The molecule has 1 aromatic carbocycles. The van der Waals surface area contributed by atoms with E-state index in [0.717, 1.165) is 16.9 Å². The van der Waals surface area contributed by atoms with Crippen molar-refractivity contribution in [1.82, 2.24) is 9.97 Å². The van der Waals surface area contributed by atoms with Crippen LogP contribution in [-0.4, -0.2) is 15.8 Å². The van der Waals surface area contributed by atoms with Crippen LogP contribution in [0.25, 0.3) is 11.1 Å². The highest BCUT2D eigenvalue weighted by Crippen LogP contribution is 2.33. The Kier molecular flexibility index (Phi) is 5.43. The first-order chi connectivity index (χ1) is 14.3. The SMILES string of the molecule is CC(C)c1[nH]c(=O)c(-c2cc(Cl)ccc2F)cc1Nc1ccnc2c1CCC(=O)C2. The van der Waals surface area contributed by atoms with Gasteiger partial charge in [-0.05, 0) is 48.2 Å². The van der Waals surface area contributed by atoms with E-state index in [2.05, 4.69) is 15.3 Å². The predicted molar refractivity (Wildman–Crippen MR) is 116 cm³/mol. The van der Waals surface area contributed by atoms with Crippen molar-refractivity contribution >= 4 is 28.8 Å². The number of halogens is 2. The molecule has 1 aliphatic carbocycles. The summed E-state index contributed by atoms with van der Waals surface area (Å²) in [5.74, 6) is -0.316. The third-order valence-electron chi connectivity index (χ3n) is 5.30. The van der Waals surface area contributed by atoms with Gasteiger partial charge >= 0.3 is 0 Å². The van der Waals surface area contributed by atoms with E-state index >= 15 is 0 Å². The lowest BCUT2D eigenvalue weighted by Crippen LogP contribution is -2.18. The molecule has 0 unspecified atom stereocenters. The zero-order chi connectivity index (χ0) is 21.4. The first-order valence-corrected chi connectivity index (χ1v) is 10.2. The van der Waals surface area contributed by atoms with Gasteiger partial charge in [-0.2, -0.15) is 0 Å². The molecule has 0 aliphatic heterocycles. The van der Waals surface area contributed by atoms with E-state index in [1.54, 1.807) is 12.3 Å². The summed E-state index contributed by atoms with van der Waals surface area (Å²) in [7, 11) is 0. The number of rotatable bonds is 4. The molecule has 4 rings (SSSR count). The van der Waals surface area contributed by atoms with Crippen molar-refractivity contribution in [3.8, 4) is 11.1 Å². The van der Waals surface area contributed by atoms with Crippen LogP contribution >= 0.6 is 11.6 Å². The van der Waals surface area contributed by atoms with E-state index in [-0.39, 0.29) is 28.4 Å². The smallest absolute Gasteiger partial charge is 0.256 e. The largest absolute Gasteiger partial charge is 0.354 e. The quantitative estimate of drug-likeness (QED) is 0.605. The van der Waals surface area contributed by atoms with Gasteiger partial charge in [-0.3, -0.25) is 14.6 Å². The van der Waals surface area contributed by atoms with Gasteiger partial charge in [-0.1, -0.05) is 25.4 Å². The van der Waals surface area contributed by atoms with Crippen molar-refractivity contribution in [3.63, 3.8) is 0 Å². The Bertz CT molecular complexity index is 1200. The summed E-state index contributed by atoms with van der Waals surface area (Å²) in [6, 6.07) is 7.64. The molecule has 0 atom stereocenters. The van der Waals surface area contributed by atoms with Crippen LogP contribution in [0.4, 0.5) is 15.8 Å². The minimum Gasteiger partial charge on any atom is -0.354 e. The Hall–Kier alpha value is -2.99. The molecule has 0 spiro atoms. The van der Waals surface area contributed by atoms with Gasteiger partial charge in [0.2, 0.25) is 0 Å². The third kappa shape index (κ3) is 3.87. The second kappa shape index (κ2) is 8.03. The first kappa shape index (κ1) is 20.3. The number of carbonyl (C=O) groups excluding carboxylic acids is 1. The average Bonchev–Trinajstić information content (AvgIpc) is 2.70. The average molecular weight is 426 g/mol.